The zero-order valence-corrected chi connectivity index (χ0v) is 19.8. The minimum absolute atomic E-state index is 0.0591. The lowest BCUT2D eigenvalue weighted by molar-refractivity contribution is -0.130. The van der Waals surface area contributed by atoms with Gasteiger partial charge in [-0.25, -0.2) is 4.79 Å². The van der Waals surface area contributed by atoms with Crippen molar-refractivity contribution in [2.75, 3.05) is 30.9 Å². The lowest BCUT2D eigenvalue weighted by Crippen LogP contribution is -2.42. The van der Waals surface area contributed by atoms with E-state index in [1.165, 1.54) is 0 Å². The van der Waals surface area contributed by atoms with Crippen molar-refractivity contribution in [2.24, 2.45) is 11.8 Å². The Morgan fingerprint density at radius 3 is 2.56 bits per heavy atom. The number of likely N-dealkylation sites (N-methyl/N-ethyl adjacent to an activating group) is 1. The first-order valence-corrected chi connectivity index (χ1v) is 11.9. The molecule has 188 valence electrons. The summed E-state index contributed by atoms with van der Waals surface area (Å²) in [5, 5.41) is 13.7. The van der Waals surface area contributed by atoms with Crippen LogP contribution in [0.1, 0.15) is 51.4 Å². The second-order valence-electron chi connectivity index (χ2n) is 8.84. The van der Waals surface area contributed by atoms with Gasteiger partial charge < -0.3 is 20.6 Å². The molecule has 1 aromatic heterocycles. The first-order chi connectivity index (χ1) is 16.2. The van der Waals surface area contributed by atoms with Crippen LogP contribution in [0.2, 0.25) is 5.28 Å². The zero-order valence-electron chi connectivity index (χ0n) is 19.1. The van der Waals surface area contributed by atoms with Crippen molar-refractivity contribution in [3.63, 3.8) is 0 Å². The van der Waals surface area contributed by atoms with Gasteiger partial charge in [0, 0.05) is 20.1 Å². The molecule has 34 heavy (non-hydrogen) atoms. The second-order valence-corrected chi connectivity index (χ2v) is 9.18. The number of likely N-dealkylation sites (tertiary alicyclic amines) is 1. The Morgan fingerprint density at radius 1 is 1.18 bits per heavy atom. The van der Waals surface area contributed by atoms with Gasteiger partial charge >= 0.3 is 6.09 Å². The predicted molar refractivity (Wildman–Crippen MR) is 124 cm³/mol. The Labute approximate surface area is 202 Å². The number of carboxylic acid groups (broad SMARTS) is 1. The SMILES string of the molecule is CN1CCCC[C@H](Nc2nc(Cl)nc(NNC(=O)[C@@H](CNC(=O)O)CC3CCCC3)c2F)C1=O. The molecule has 1 aromatic rings. The molecule has 3 rings (SSSR count). The molecule has 13 heteroatoms. The molecule has 2 fully saturated rings. The molecule has 5 N–H and O–H groups in total. The van der Waals surface area contributed by atoms with E-state index in [1.54, 1.807) is 11.9 Å². The quantitative estimate of drug-likeness (QED) is 0.257. The second kappa shape index (κ2) is 12.0. The van der Waals surface area contributed by atoms with Crippen LogP contribution in [0.25, 0.3) is 0 Å². The van der Waals surface area contributed by atoms with Crippen LogP contribution in [0, 0.1) is 17.7 Å². The largest absolute Gasteiger partial charge is 0.465 e. The number of carbonyl (C=O) groups is 3. The third-order valence-corrected chi connectivity index (χ3v) is 6.48. The molecule has 11 nitrogen and oxygen atoms in total. The Kier molecular flexibility index (Phi) is 9.08. The summed E-state index contributed by atoms with van der Waals surface area (Å²) in [6, 6.07) is -0.659. The molecule has 3 amide bonds. The third-order valence-electron chi connectivity index (χ3n) is 6.31. The highest BCUT2D eigenvalue weighted by Crippen LogP contribution is 2.30. The van der Waals surface area contributed by atoms with E-state index in [0.717, 1.165) is 38.5 Å². The standard InChI is InChI=1S/C21H31ClFN7O4/c1-30-9-5-4-8-14(19(30)32)25-16-15(23)17(27-20(22)26-16)28-29-18(31)13(11-24-21(33)34)10-12-6-2-3-7-12/h12-14,24H,2-11H2,1H3,(H,29,31)(H,33,34)(H2,25,26,27,28)/t13-,14+/m1/s1. The fourth-order valence-corrected chi connectivity index (χ4v) is 4.63. The molecule has 2 aliphatic rings. The maximum atomic E-state index is 15.1. The number of hydrogen-bond acceptors (Lipinski definition) is 7. The summed E-state index contributed by atoms with van der Waals surface area (Å²) >= 11 is 5.96. The van der Waals surface area contributed by atoms with E-state index in [2.05, 4.69) is 31.5 Å². The van der Waals surface area contributed by atoms with Crippen molar-refractivity contribution in [1.29, 1.82) is 0 Å². The number of amides is 3. The molecular formula is C21H31ClFN7O4. The van der Waals surface area contributed by atoms with Gasteiger partial charge in [-0.15, -0.1) is 0 Å². The molecule has 0 aromatic carbocycles. The summed E-state index contributed by atoms with van der Waals surface area (Å²) < 4.78 is 15.1. The highest BCUT2D eigenvalue weighted by Gasteiger charge is 2.28. The van der Waals surface area contributed by atoms with Crippen LogP contribution >= 0.6 is 11.6 Å². The number of rotatable bonds is 9. The van der Waals surface area contributed by atoms with Gasteiger partial charge in [-0.3, -0.25) is 20.4 Å². The van der Waals surface area contributed by atoms with E-state index in [4.69, 9.17) is 16.7 Å². The van der Waals surface area contributed by atoms with E-state index in [0.29, 0.717) is 25.3 Å². The highest BCUT2D eigenvalue weighted by molar-refractivity contribution is 6.28. The monoisotopic (exact) mass is 499 g/mol. The van der Waals surface area contributed by atoms with Crippen LogP contribution in [0.5, 0.6) is 0 Å². The summed E-state index contributed by atoms with van der Waals surface area (Å²) in [6.07, 6.45) is 5.61. The first-order valence-electron chi connectivity index (χ1n) is 11.5. The van der Waals surface area contributed by atoms with Crippen molar-refractivity contribution < 1.29 is 23.9 Å². The minimum atomic E-state index is -1.22. The first kappa shape index (κ1) is 25.7. The Morgan fingerprint density at radius 2 is 1.85 bits per heavy atom. The number of hydrazine groups is 1. The third kappa shape index (κ3) is 7.05. The zero-order chi connectivity index (χ0) is 24.7. The van der Waals surface area contributed by atoms with Gasteiger partial charge in [0.15, 0.2) is 11.6 Å². The van der Waals surface area contributed by atoms with E-state index >= 15 is 4.39 Å². The smallest absolute Gasteiger partial charge is 0.404 e. The predicted octanol–water partition coefficient (Wildman–Crippen LogP) is 2.60. The molecule has 1 aliphatic carbocycles. The van der Waals surface area contributed by atoms with Crippen molar-refractivity contribution in [1.82, 2.24) is 25.6 Å². The van der Waals surface area contributed by atoms with Crippen LogP contribution in [-0.2, 0) is 9.59 Å². The topological polar surface area (TPSA) is 149 Å². The van der Waals surface area contributed by atoms with Gasteiger partial charge in [0.1, 0.15) is 6.04 Å². The summed E-state index contributed by atoms with van der Waals surface area (Å²) in [5.74, 6) is -2.48. The summed E-state index contributed by atoms with van der Waals surface area (Å²) in [4.78, 5) is 45.4. The number of halogens is 2. The minimum Gasteiger partial charge on any atom is -0.465 e. The van der Waals surface area contributed by atoms with Crippen molar-refractivity contribution >= 4 is 41.1 Å². The molecule has 0 radical (unpaired) electrons. The lowest BCUT2D eigenvalue weighted by atomic mass is 9.92. The van der Waals surface area contributed by atoms with Gasteiger partial charge in [0.25, 0.3) is 0 Å². The molecule has 0 bridgehead atoms. The molecule has 1 aliphatic heterocycles. The Hall–Kier alpha value is -2.89. The summed E-state index contributed by atoms with van der Waals surface area (Å²) in [7, 11) is 1.69. The highest BCUT2D eigenvalue weighted by atomic mass is 35.5. The normalized spacial score (nSPS) is 19.9. The van der Waals surface area contributed by atoms with Gasteiger partial charge in [0.05, 0.1) is 5.92 Å². The van der Waals surface area contributed by atoms with Crippen molar-refractivity contribution in [2.45, 2.75) is 57.4 Å². The van der Waals surface area contributed by atoms with Crippen LogP contribution in [0.15, 0.2) is 0 Å². The average Bonchev–Trinajstić information content (AvgIpc) is 3.26. The molecular weight excluding hydrogens is 469 g/mol. The number of hydrogen-bond donors (Lipinski definition) is 5. The molecule has 0 unspecified atom stereocenters. The number of nitrogens with zero attached hydrogens (tertiary/aromatic N) is 3. The fraction of sp³-hybridized carbons (Fsp3) is 0.667. The Balaban J connectivity index is 1.67. The molecule has 2 atom stereocenters. The summed E-state index contributed by atoms with van der Waals surface area (Å²) in [6.45, 7) is 0.568. The average molecular weight is 500 g/mol. The maximum Gasteiger partial charge on any atom is 0.404 e. The number of nitrogens with one attached hydrogen (secondary N) is 4. The van der Waals surface area contributed by atoms with E-state index in [1.807, 2.05) is 0 Å². The lowest BCUT2D eigenvalue weighted by Gasteiger charge is -2.22. The van der Waals surface area contributed by atoms with E-state index < -0.39 is 29.8 Å². The van der Waals surface area contributed by atoms with Crippen LogP contribution in [-0.4, -0.2) is 64.1 Å². The van der Waals surface area contributed by atoms with Gasteiger partial charge in [-0.05, 0) is 43.2 Å². The van der Waals surface area contributed by atoms with Crippen molar-refractivity contribution in [3.05, 3.63) is 11.1 Å². The van der Waals surface area contributed by atoms with Crippen molar-refractivity contribution in [3.8, 4) is 0 Å². The van der Waals surface area contributed by atoms with Crippen LogP contribution in [0.4, 0.5) is 20.8 Å². The van der Waals surface area contributed by atoms with Gasteiger partial charge in [-0.1, -0.05) is 25.7 Å². The maximum absolute atomic E-state index is 15.1. The van der Waals surface area contributed by atoms with Gasteiger partial charge in [0.2, 0.25) is 22.9 Å². The number of carbonyl (C=O) groups excluding carboxylic acids is 2. The van der Waals surface area contributed by atoms with Gasteiger partial charge in [-0.2, -0.15) is 14.4 Å². The van der Waals surface area contributed by atoms with Crippen LogP contribution < -0.4 is 21.5 Å². The molecule has 0 spiro atoms. The van der Waals surface area contributed by atoms with E-state index in [9.17, 15) is 14.4 Å². The Bertz CT molecular complexity index is 900. The molecule has 1 saturated carbocycles. The summed E-state index contributed by atoms with van der Waals surface area (Å²) in [5.41, 5.74) is 4.84. The van der Waals surface area contributed by atoms with E-state index in [-0.39, 0.29) is 29.4 Å². The number of aromatic nitrogens is 2. The fourth-order valence-electron chi connectivity index (χ4n) is 4.46. The molecule has 1 saturated heterocycles. The number of anilines is 2. The van der Waals surface area contributed by atoms with Crippen LogP contribution in [0.3, 0.4) is 0 Å². The molecule has 2 heterocycles.